The molecule has 0 saturated carbocycles. The molecule has 2 amide bonds. The number of anilines is 1. The molecule has 0 saturated heterocycles. The van der Waals surface area contributed by atoms with Gasteiger partial charge in [0.2, 0.25) is 0 Å². The Balaban J connectivity index is 1.51. The molecule has 0 spiro atoms. The molecule has 1 aliphatic carbocycles. The standard InChI is InChI=1S/C24H34BN3O3S2/c1-24(2,3)31-22(29)19-15-8-6-5-7-9-17(15)33-21(19)27-23(30)26-12-16-14-10-11-28(4)13-18(14)32-20(16)25/h5-13,25H2,1-4H3,(H2,26,27,30). The van der Waals surface area contributed by atoms with Crippen LogP contribution < -0.4 is 15.4 Å². The van der Waals surface area contributed by atoms with Crippen molar-refractivity contribution in [1.82, 2.24) is 10.2 Å². The van der Waals surface area contributed by atoms with Crippen molar-refractivity contribution in [1.29, 1.82) is 0 Å². The third kappa shape index (κ3) is 5.63. The summed E-state index contributed by atoms with van der Waals surface area (Å²) in [5.41, 5.74) is 3.67. The second-order valence-corrected chi connectivity index (χ2v) is 12.5. The molecule has 2 aromatic heterocycles. The number of amides is 2. The van der Waals surface area contributed by atoms with E-state index in [1.54, 1.807) is 0 Å². The van der Waals surface area contributed by atoms with Crippen LogP contribution in [0.5, 0.6) is 0 Å². The predicted octanol–water partition coefficient (Wildman–Crippen LogP) is 3.60. The number of likely N-dealkylation sites (N-methyl/N-ethyl adjacent to an activating group) is 1. The molecule has 0 aromatic carbocycles. The lowest BCUT2D eigenvalue weighted by Gasteiger charge is -2.23. The number of nitrogens with zero attached hydrogens (tertiary/aromatic N) is 1. The molecule has 2 aliphatic rings. The van der Waals surface area contributed by atoms with E-state index in [1.807, 2.05) is 32.1 Å². The molecular formula is C24H34BN3O3S2. The molecule has 2 aromatic rings. The topological polar surface area (TPSA) is 70.7 Å². The summed E-state index contributed by atoms with van der Waals surface area (Å²) in [5.74, 6) is -0.343. The number of esters is 1. The molecule has 0 unspecified atom stereocenters. The van der Waals surface area contributed by atoms with Gasteiger partial charge in [-0.1, -0.05) is 6.42 Å². The third-order valence-electron chi connectivity index (χ3n) is 6.24. The van der Waals surface area contributed by atoms with Crippen LogP contribution in [0.4, 0.5) is 9.80 Å². The zero-order valence-corrected chi connectivity index (χ0v) is 22.0. The number of thiophene rings is 2. The van der Waals surface area contributed by atoms with Crippen LogP contribution in [0.3, 0.4) is 0 Å². The second-order valence-electron chi connectivity index (χ2n) is 10.1. The fourth-order valence-corrected chi connectivity index (χ4v) is 7.25. The van der Waals surface area contributed by atoms with Crippen molar-refractivity contribution in [3.8, 4) is 0 Å². The number of urea groups is 1. The Kier molecular flexibility index (Phi) is 7.22. The fraction of sp³-hybridized carbons (Fsp3) is 0.583. The quantitative estimate of drug-likeness (QED) is 0.393. The van der Waals surface area contributed by atoms with Crippen molar-refractivity contribution >= 4 is 52.3 Å². The van der Waals surface area contributed by atoms with Gasteiger partial charge in [0.15, 0.2) is 7.85 Å². The average molecular weight is 488 g/mol. The van der Waals surface area contributed by atoms with Crippen molar-refractivity contribution in [2.75, 3.05) is 18.9 Å². The summed E-state index contributed by atoms with van der Waals surface area (Å²) in [5, 5.41) is 6.64. The van der Waals surface area contributed by atoms with Gasteiger partial charge < -0.3 is 15.0 Å². The van der Waals surface area contributed by atoms with Gasteiger partial charge in [0.05, 0.1) is 5.56 Å². The monoisotopic (exact) mass is 487 g/mol. The molecule has 2 N–H and O–H groups in total. The van der Waals surface area contributed by atoms with Gasteiger partial charge in [0.25, 0.3) is 0 Å². The molecule has 33 heavy (non-hydrogen) atoms. The largest absolute Gasteiger partial charge is 0.456 e. The third-order valence-corrected chi connectivity index (χ3v) is 8.62. The second kappa shape index (κ2) is 9.80. The fourth-order valence-electron chi connectivity index (χ4n) is 4.66. The summed E-state index contributed by atoms with van der Waals surface area (Å²) in [6.45, 7) is 8.14. The first-order valence-electron chi connectivity index (χ1n) is 11.8. The molecular weight excluding hydrogens is 453 g/mol. The molecule has 0 fully saturated rings. The number of hydrogen-bond acceptors (Lipinski definition) is 6. The van der Waals surface area contributed by atoms with E-state index in [0.29, 0.717) is 17.1 Å². The molecule has 4 rings (SSSR count). The smallest absolute Gasteiger partial charge is 0.341 e. The molecule has 1 aliphatic heterocycles. The number of rotatable bonds is 4. The number of fused-ring (bicyclic) bond motifs is 2. The first-order valence-corrected chi connectivity index (χ1v) is 13.5. The van der Waals surface area contributed by atoms with Gasteiger partial charge in [-0.2, -0.15) is 11.3 Å². The number of hydrogen-bond donors (Lipinski definition) is 2. The Morgan fingerprint density at radius 1 is 1.06 bits per heavy atom. The molecule has 0 atom stereocenters. The minimum Gasteiger partial charge on any atom is -0.456 e. The average Bonchev–Trinajstić information content (AvgIpc) is 3.10. The van der Waals surface area contributed by atoms with Crippen LogP contribution in [-0.4, -0.2) is 43.9 Å². The van der Waals surface area contributed by atoms with Crippen LogP contribution in [0.25, 0.3) is 0 Å². The number of carbonyl (C=O) groups excluding carboxylic acids is 2. The van der Waals surface area contributed by atoms with Gasteiger partial charge >= 0.3 is 12.0 Å². The van der Waals surface area contributed by atoms with Gasteiger partial charge in [-0.25, -0.2) is 9.59 Å². The van der Waals surface area contributed by atoms with Gasteiger partial charge in [0, 0.05) is 29.4 Å². The van der Waals surface area contributed by atoms with Crippen molar-refractivity contribution in [2.45, 2.75) is 78.0 Å². The lowest BCUT2D eigenvalue weighted by Crippen LogP contribution is -2.31. The first-order chi connectivity index (χ1) is 15.6. The Morgan fingerprint density at radius 3 is 2.58 bits per heavy atom. The number of aryl methyl sites for hydroxylation is 1. The molecule has 6 nitrogen and oxygen atoms in total. The molecule has 178 valence electrons. The summed E-state index contributed by atoms with van der Waals surface area (Å²) in [7, 11) is 4.28. The Hall–Kier alpha value is -1.84. The van der Waals surface area contributed by atoms with E-state index in [4.69, 9.17) is 4.74 Å². The maximum atomic E-state index is 13.1. The maximum Gasteiger partial charge on any atom is 0.341 e. The van der Waals surface area contributed by atoms with Gasteiger partial charge in [-0.05, 0) is 81.4 Å². The Bertz CT molecular complexity index is 1050. The van der Waals surface area contributed by atoms with Gasteiger partial charge in [0.1, 0.15) is 10.6 Å². The molecule has 0 bridgehead atoms. The SMILES string of the molecule is Bc1sc2c(c1CNC(=O)Nc1sc3c(c1C(=O)OC(C)(C)C)CCCCC3)CCN(C)C2. The molecule has 9 heteroatoms. The van der Waals surface area contributed by atoms with E-state index in [0.717, 1.165) is 50.8 Å². The highest BCUT2D eigenvalue weighted by Gasteiger charge is 2.29. The zero-order chi connectivity index (χ0) is 23.8. The van der Waals surface area contributed by atoms with Crippen molar-refractivity contribution < 1.29 is 14.3 Å². The van der Waals surface area contributed by atoms with Crippen LogP contribution in [0.1, 0.15) is 76.8 Å². The van der Waals surface area contributed by atoms with E-state index in [2.05, 4.69) is 30.4 Å². The van der Waals surface area contributed by atoms with Crippen LogP contribution in [-0.2, 0) is 37.1 Å². The van der Waals surface area contributed by atoms with E-state index in [1.165, 1.54) is 43.4 Å². The van der Waals surface area contributed by atoms with Gasteiger partial charge in [-0.3, -0.25) is 5.32 Å². The minimum atomic E-state index is -0.584. The maximum absolute atomic E-state index is 13.1. The van der Waals surface area contributed by atoms with Crippen LogP contribution in [0.2, 0.25) is 0 Å². The normalized spacial score (nSPS) is 16.5. The highest BCUT2D eigenvalue weighted by atomic mass is 32.1. The zero-order valence-electron chi connectivity index (χ0n) is 20.4. The highest BCUT2D eigenvalue weighted by Crippen LogP contribution is 2.38. The lowest BCUT2D eigenvalue weighted by atomic mass is 9.95. The summed E-state index contributed by atoms with van der Waals surface area (Å²) >= 11 is 3.37. The number of carbonyl (C=O) groups is 2. The Labute approximate surface area is 205 Å². The lowest BCUT2D eigenvalue weighted by molar-refractivity contribution is 0.00700. The molecule has 0 radical (unpaired) electrons. The van der Waals surface area contributed by atoms with E-state index >= 15 is 0 Å². The minimum absolute atomic E-state index is 0.275. The summed E-state index contributed by atoms with van der Waals surface area (Å²) in [6.07, 6.45) is 6.17. The first kappa shape index (κ1) is 24.3. The summed E-state index contributed by atoms with van der Waals surface area (Å²) in [4.78, 5) is 31.0. The van der Waals surface area contributed by atoms with E-state index in [9.17, 15) is 9.59 Å². The van der Waals surface area contributed by atoms with Crippen LogP contribution in [0.15, 0.2) is 0 Å². The van der Waals surface area contributed by atoms with Crippen molar-refractivity contribution in [3.05, 3.63) is 32.0 Å². The van der Waals surface area contributed by atoms with Gasteiger partial charge in [-0.15, -0.1) is 11.3 Å². The Morgan fingerprint density at radius 2 is 1.82 bits per heavy atom. The number of nitrogens with one attached hydrogen (secondary N) is 2. The summed E-state index contributed by atoms with van der Waals surface area (Å²) < 4.78 is 6.98. The number of ether oxygens (including phenoxy) is 1. The van der Waals surface area contributed by atoms with Crippen molar-refractivity contribution in [2.24, 2.45) is 0 Å². The van der Waals surface area contributed by atoms with E-state index in [-0.39, 0.29) is 12.0 Å². The van der Waals surface area contributed by atoms with Crippen LogP contribution >= 0.6 is 22.7 Å². The highest BCUT2D eigenvalue weighted by molar-refractivity contribution is 7.20. The van der Waals surface area contributed by atoms with E-state index < -0.39 is 5.60 Å². The molecule has 3 heterocycles. The predicted molar refractivity (Wildman–Crippen MR) is 139 cm³/mol. The van der Waals surface area contributed by atoms with Crippen LogP contribution in [0, 0.1) is 0 Å². The van der Waals surface area contributed by atoms with Crippen molar-refractivity contribution in [3.63, 3.8) is 0 Å². The summed E-state index contributed by atoms with van der Waals surface area (Å²) in [6, 6.07) is -0.275.